The molecule has 5 nitrogen and oxygen atoms in total. The number of H-pyrrole nitrogens is 1. The molecule has 1 fully saturated rings. The topological polar surface area (TPSA) is 83.8 Å². The van der Waals surface area contributed by atoms with Gasteiger partial charge in [-0.1, -0.05) is 0 Å². The van der Waals surface area contributed by atoms with Crippen LogP contribution in [0.1, 0.15) is 41.9 Å². The molecule has 0 aromatic carbocycles. The van der Waals surface area contributed by atoms with E-state index in [9.17, 15) is 4.79 Å². The highest BCUT2D eigenvalue weighted by Crippen LogP contribution is 2.42. The Labute approximate surface area is 105 Å². The molecule has 1 heterocycles. The molecule has 0 bridgehead atoms. The smallest absolute Gasteiger partial charge is 0.274 e. The molecule has 1 atom stereocenters. The largest absolute Gasteiger partial charge is 0.395 e. The minimum absolute atomic E-state index is 0.123. The summed E-state index contributed by atoms with van der Waals surface area (Å²) >= 11 is 1.70. The van der Waals surface area contributed by atoms with Crippen LogP contribution in [0.15, 0.2) is 0 Å². The third-order valence-electron chi connectivity index (χ3n) is 2.83. The van der Waals surface area contributed by atoms with Crippen LogP contribution in [0.5, 0.6) is 0 Å². The van der Waals surface area contributed by atoms with Crippen molar-refractivity contribution in [3.05, 3.63) is 11.4 Å². The third-order valence-corrected chi connectivity index (χ3v) is 3.66. The number of nitrogens with one attached hydrogen (secondary N) is 2. The second-order valence-electron chi connectivity index (χ2n) is 4.50. The lowest BCUT2D eigenvalue weighted by Crippen LogP contribution is -2.34. The minimum Gasteiger partial charge on any atom is -0.395 e. The third kappa shape index (κ3) is 2.74. The number of nitrogens with zero attached hydrogens (tertiary/aromatic N) is 1. The van der Waals surface area contributed by atoms with Crippen molar-refractivity contribution in [1.82, 2.24) is 15.5 Å². The number of hydrogen-bond donors (Lipinski definition) is 3. The zero-order valence-electron chi connectivity index (χ0n) is 10.1. The fourth-order valence-corrected chi connectivity index (χ4v) is 2.39. The molecular formula is C11H18N4OS. The molecule has 1 aliphatic rings. The molecule has 1 aromatic rings. The number of nitrogens with two attached hydrogens (primary N) is 1. The molecule has 1 saturated carbocycles. The average Bonchev–Trinajstić information content (AvgIpc) is 3.02. The average molecular weight is 254 g/mol. The molecule has 1 aliphatic carbocycles. The van der Waals surface area contributed by atoms with Crippen LogP contribution in [0.4, 0.5) is 5.69 Å². The van der Waals surface area contributed by atoms with Crippen molar-refractivity contribution in [2.45, 2.75) is 31.7 Å². The van der Waals surface area contributed by atoms with Gasteiger partial charge in [0, 0.05) is 17.7 Å². The summed E-state index contributed by atoms with van der Waals surface area (Å²) in [7, 11) is 0. The Kier molecular flexibility index (Phi) is 3.61. The van der Waals surface area contributed by atoms with Crippen LogP contribution in [0.25, 0.3) is 0 Å². The number of carbonyl (C=O) groups excluding carboxylic acids is 1. The van der Waals surface area contributed by atoms with Crippen molar-refractivity contribution < 1.29 is 4.79 Å². The van der Waals surface area contributed by atoms with Crippen LogP contribution in [-0.4, -0.2) is 34.2 Å². The lowest BCUT2D eigenvalue weighted by molar-refractivity contribution is 0.0939. The molecule has 0 radical (unpaired) electrons. The monoisotopic (exact) mass is 254 g/mol. The molecule has 2 rings (SSSR count). The first kappa shape index (κ1) is 12.3. The summed E-state index contributed by atoms with van der Waals surface area (Å²) in [5.41, 5.74) is 7.71. The van der Waals surface area contributed by atoms with Crippen molar-refractivity contribution in [2.24, 2.45) is 0 Å². The summed E-state index contributed by atoms with van der Waals surface area (Å²) in [5, 5.41) is 9.79. The van der Waals surface area contributed by atoms with Crippen molar-refractivity contribution in [1.29, 1.82) is 0 Å². The predicted octanol–water partition coefficient (Wildman–Crippen LogP) is 1.35. The Morgan fingerprint density at radius 1 is 1.71 bits per heavy atom. The molecule has 1 amide bonds. The molecular weight excluding hydrogens is 236 g/mol. The van der Waals surface area contributed by atoms with Gasteiger partial charge in [-0.25, -0.2) is 0 Å². The van der Waals surface area contributed by atoms with Crippen LogP contribution in [0.3, 0.4) is 0 Å². The highest BCUT2D eigenvalue weighted by Gasteiger charge is 2.30. The summed E-state index contributed by atoms with van der Waals surface area (Å²) in [4.78, 5) is 11.9. The van der Waals surface area contributed by atoms with Gasteiger partial charge in [-0.05, 0) is 26.0 Å². The summed E-state index contributed by atoms with van der Waals surface area (Å²) in [6, 6.07) is 0.123. The fraction of sp³-hybridized carbons (Fsp3) is 0.636. The van der Waals surface area contributed by atoms with Gasteiger partial charge < -0.3 is 11.1 Å². The molecule has 1 unspecified atom stereocenters. The van der Waals surface area contributed by atoms with Crippen molar-refractivity contribution in [3.8, 4) is 0 Å². The van der Waals surface area contributed by atoms with Crippen LogP contribution < -0.4 is 11.1 Å². The van der Waals surface area contributed by atoms with Gasteiger partial charge >= 0.3 is 0 Å². The number of hydrogen-bond acceptors (Lipinski definition) is 4. The van der Waals surface area contributed by atoms with Crippen molar-refractivity contribution in [3.63, 3.8) is 0 Å². The zero-order valence-corrected chi connectivity index (χ0v) is 10.9. The van der Waals surface area contributed by atoms with Crippen molar-refractivity contribution in [2.75, 3.05) is 17.7 Å². The van der Waals surface area contributed by atoms with Crippen molar-refractivity contribution >= 4 is 23.4 Å². The number of carbonyl (C=O) groups is 1. The predicted molar refractivity (Wildman–Crippen MR) is 70.3 cm³/mol. The van der Waals surface area contributed by atoms with Gasteiger partial charge in [0.1, 0.15) is 0 Å². The molecule has 1 aromatic heterocycles. The van der Waals surface area contributed by atoms with E-state index in [-0.39, 0.29) is 11.9 Å². The second kappa shape index (κ2) is 5.00. The van der Waals surface area contributed by atoms with E-state index in [0.29, 0.717) is 17.3 Å². The van der Waals surface area contributed by atoms with E-state index in [2.05, 4.69) is 15.5 Å². The van der Waals surface area contributed by atoms with Crippen LogP contribution >= 0.6 is 11.8 Å². The second-order valence-corrected chi connectivity index (χ2v) is 5.41. The molecule has 17 heavy (non-hydrogen) atoms. The van der Waals surface area contributed by atoms with Gasteiger partial charge in [0.2, 0.25) is 0 Å². The van der Waals surface area contributed by atoms with Gasteiger partial charge in [0.15, 0.2) is 5.69 Å². The van der Waals surface area contributed by atoms with Crippen LogP contribution in [-0.2, 0) is 0 Å². The number of anilines is 1. The van der Waals surface area contributed by atoms with E-state index in [0.717, 1.165) is 24.3 Å². The number of nitrogen functional groups attached to an aromatic ring is 1. The normalized spacial score (nSPS) is 16.8. The van der Waals surface area contributed by atoms with E-state index in [4.69, 9.17) is 5.73 Å². The first-order valence-corrected chi connectivity index (χ1v) is 7.16. The molecule has 94 valence electrons. The standard InChI is InChI=1S/C11H18N4OS/c1-6(5-17-2)13-11(16)10-8(12)9(14-15-10)7-3-4-7/h6-7H,3-5,12H2,1-2H3,(H,13,16)(H,14,15). The molecule has 4 N–H and O–H groups in total. The maximum Gasteiger partial charge on any atom is 0.274 e. The quantitative estimate of drug-likeness (QED) is 0.740. The highest BCUT2D eigenvalue weighted by atomic mass is 32.2. The van der Waals surface area contributed by atoms with Gasteiger partial charge in [-0.15, -0.1) is 0 Å². The number of aromatic amines is 1. The summed E-state index contributed by atoms with van der Waals surface area (Å²) in [6.45, 7) is 1.97. The number of aromatic nitrogens is 2. The Balaban J connectivity index is 2.03. The van der Waals surface area contributed by atoms with E-state index < -0.39 is 0 Å². The van der Waals surface area contributed by atoms with Gasteiger partial charge in [0.05, 0.1) is 11.4 Å². The van der Waals surface area contributed by atoms with E-state index in [1.165, 1.54) is 0 Å². The van der Waals surface area contributed by atoms with Crippen LogP contribution in [0, 0.1) is 0 Å². The van der Waals surface area contributed by atoms with E-state index in [1.54, 1.807) is 11.8 Å². The Bertz CT molecular complexity index is 414. The maximum absolute atomic E-state index is 11.9. The zero-order chi connectivity index (χ0) is 12.4. The van der Waals surface area contributed by atoms with Gasteiger partial charge in [-0.3, -0.25) is 9.89 Å². The van der Waals surface area contributed by atoms with E-state index >= 15 is 0 Å². The van der Waals surface area contributed by atoms with E-state index in [1.807, 2.05) is 13.2 Å². The molecule has 0 aliphatic heterocycles. The number of amides is 1. The fourth-order valence-electron chi connectivity index (χ4n) is 1.80. The minimum atomic E-state index is -0.188. The summed E-state index contributed by atoms with van der Waals surface area (Å²) < 4.78 is 0. The number of rotatable bonds is 5. The summed E-state index contributed by atoms with van der Waals surface area (Å²) in [5.74, 6) is 1.17. The maximum atomic E-state index is 11.9. The SMILES string of the molecule is CSCC(C)NC(=O)c1n[nH]c(C2CC2)c1N. The molecule has 6 heteroatoms. The summed E-state index contributed by atoms with van der Waals surface area (Å²) in [6.07, 6.45) is 4.28. The lowest BCUT2D eigenvalue weighted by Gasteiger charge is -2.11. The van der Waals surface area contributed by atoms with Gasteiger partial charge in [-0.2, -0.15) is 16.9 Å². The molecule has 0 spiro atoms. The number of thioether (sulfide) groups is 1. The molecule has 0 saturated heterocycles. The lowest BCUT2D eigenvalue weighted by atomic mass is 10.2. The van der Waals surface area contributed by atoms with Crippen LogP contribution in [0.2, 0.25) is 0 Å². The first-order valence-electron chi connectivity index (χ1n) is 5.77. The van der Waals surface area contributed by atoms with Gasteiger partial charge in [0.25, 0.3) is 5.91 Å². The Hall–Kier alpha value is -1.17. The highest BCUT2D eigenvalue weighted by molar-refractivity contribution is 7.98. The Morgan fingerprint density at radius 3 is 3.00 bits per heavy atom. The Morgan fingerprint density at radius 2 is 2.41 bits per heavy atom. The first-order chi connectivity index (χ1) is 8.13.